The predicted octanol–water partition coefficient (Wildman–Crippen LogP) is -1.13. The highest BCUT2D eigenvalue weighted by Gasteiger charge is 2.40. The molecule has 19 heavy (non-hydrogen) atoms. The van der Waals surface area contributed by atoms with Crippen molar-refractivity contribution >= 4 is 17.8 Å². The van der Waals surface area contributed by atoms with Crippen LogP contribution in [0.5, 0.6) is 6.01 Å². The standard InChI is InChI=1S/C10H17N7O2/c1-10(6(11)18)3-4-17(5-10)8-13-7(16-12)14-9(15-8)19-2/h3-5,12H2,1-2H3,(H2,11,18)(H,13,14,15,16). The number of primary amides is 1. The summed E-state index contributed by atoms with van der Waals surface area (Å²) in [5, 5.41) is 0. The number of nitrogen functional groups attached to an aromatic ring is 1. The van der Waals surface area contributed by atoms with Gasteiger partial charge in [0.2, 0.25) is 17.8 Å². The number of nitrogens with zero attached hydrogens (tertiary/aromatic N) is 4. The van der Waals surface area contributed by atoms with Crippen LogP contribution >= 0.6 is 0 Å². The summed E-state index contributed by atoms with van der Waals surface area (Å²) in [7, 11) is 1.46. The van der Waals surface area contributed by atoms with Crippen molar-refractivity contribution in [3.63, 3.8) is 0 Å². The zero-order valence-corrected chi connectivity index (χ0v) is 10.9. The molecule has 1 atom stereocenters. The third kappa shape index (κ3) is 2.50. The Labute approximate surface area is 110 Å². The maximum Gasteiger partial charge on any atom is 0.322 e. The van der Waals surface area contributed by atoms with E-state index >= 15 is 0 Å². The molecule has 0 aromatic carbocycles. The molecule has 1 saturated heterocycles. The summed E-state index contributed by atoms with van der Waals surface area (Å²) in [5.41, 5.74) is 7.18. The minimum Gasteiger partial charge on any atom is -0.467 e. The van der Waals surface area contributed by atoms with Crippen molar-refractivity contribution in [1.82, 2.24) is 15.0 Å². The van der Waals surface area contributed by atoms with Gasteiger partial charge in [-0.1, -0.05) is 0 Å². The Hall–Kier alpha value is -2.16. The number of hydrazine groups is 1. The average molecular weight is 267 g/mol. The Morgan fingerprint density at radius 1 is 1.47 bits per heavy atom. The van der Waals surface area contributed by atoms with E-state index in [1.54, 1.807) is 0 Å². The van der Waals surface area contributed by atoms with Crippen LogP contribution in [-0.2, 0) is 4.79 Å². The normalized spacial score (nSPS) is 22.4. The summed E-state index contributed by atoms with van der Waals surface area (Å²) in [4.78, 5) is 25.5. The van der Waals surface area contributed by atoms with Gasteiger partial charge in [-0.3, -0.25) is 10.2 Å². The Bertz CT molecular complexity index is 473. The number of nitrogens with two attached hydrogens (primary N) is 2. The second-order valence-corrected chi connectivity index (χ2v) is 4.69. The molecule has 1 aromatic heterocycles. The van der Waals surface area contributed by atoms with Crippen LogP contribution in [0.2, 0.25) is 0 Å². The maximum atomic E-state index is 11.4. The van der Waals surface area contributed by atoms with E-state index in [0.29, 0.717) is 25.5 Å². The Kier molecular flexibility index (Phi) is 3.38. The number of amides is 1. The lowest BCUT2D eigenvalue weighted by Crippen LogP contribution is -2.37. The summed E-state index contributed by atoms with van der Waals surface area (Å²) in [6.07, 6.45) is 0.654. The highest BCUT2D eigenvalue weighted by Crippen LogP contribution is 2.31. The third-order valence-electron chi connectivity index (χ3n) is 3.27. The number of ether oxygens (including phenoxy) is 1. The van der Waals surface area contributed by atoms with Crippen molar-refractivity contribution in [2.75, 3.05) is 30.5 Å². The number of anilines is 2. The Balaban J connectivity index is 2.26. The molecule has 2 rings (SSSR count). The molecule has 0 spiro atoms. The van der Waals surface area contributed by atoms with E-state index < -0.39 is 5.41 Å². The predicted molar refractivity (Wildman–Crippen MR) is 68.3 cm³/mol. The molecule has 2 heterocycles. The molecule has 1 aromatic rings. The molecule has 1 unspecified atom stereocenters. The second-order valence-electron chi connectivity index (χ2n) is 4.69. The van der Waals surface area contributed by atoms with Crippen LogP contribution in [0.3, 0.4) is 0 Å². The number of carbonyl (C=O) groups excluding carboxylic acids is 1. The first-order valence-corrected chi connectivity index (χ1v) is 5.80. The van der Waals surface area contributed by atoms with Gasteiger partial charge in [0, 0.05) is 13.1 Å². The SMILES string of the molecule is COc1nc(NN)nc(N2CCC(C)(C(N)=O)C2)n1. The van der Waals surface area contributed by atoms with E-state index in [4.69, 9.17) is 16.3 Å². The lowest BCUT2D eigenvalue weighted by Gasteiger charge is -2.21. The van der Waals surface area contributed by atoms with Crippen LogP contribution in [0.1, 0.15) is 13.3 Å². The fourth-order valence-corrected chi connectivity index (χ4v) is 1.98. The first-order chi connectivity index (χ1) is 8.98. The van der Waals surface area contributed by atoms with Crippen LogP contribution in [0.4, 0.5) is 11.9 Å². The van der Waals surface area contributed by atoms with Crippen molar-refractivity contribution in [2.45, 2.75) is 13.3 Å². The summed E-state index contributed by atoms with van der Waals surface area (Å²) < 4.78 is 4.98. The average Bonchev–Trinajstić information content (AvgIpc) is 2.82. The summed E-state index contributed by atoms with van der Waals surface area (Å²) >= 11 is 0. The van der Waals surface area contributed by atoms with E-state index in [0.717, 1.165) is 0 Å². The smallest absolute Gasteiger partial charge is 0.322 e. The van der Waals surface area contributed by atoms with Gasteiger partial charge in [-0.15, -0.1) is 0 Å². The molecule has 0 bridgehead atoms. The van der Waals surface area contributed by atoms with E-state index in [1.165, 1.54) is 7.11 Å². The Morgan fingerprint density at radius 2 is 2.21 bits per heavy atom. The number of hydrogen-bond acceptors (Lipinski definition) is 8. The second kappa shape index (κ2) is 4.84. The van der Waals surface area contributed by atoms with Crippen LogP contribution < -0.4 is 26.6 Å². The largest absolute Gasteiger partial charge is 0.467 e. The lowest BCUT2D eigenvalue weighted by molar-refractivity contribution is -0.125. The van der Waals surface area contributed by atoms with Crippen LogP contribution in [0.25, 0.3) is 0 Å². The Morgan fingerprint density at radius 3 is 2.74 bits per heavy atom. The number of hydrogen-bond donors (Lipinski definition) is 3. The molecular formula is C10H17N7O2. The molecule has 1 amide bonds. The van der Waals surface area contributed by atoms with E-state index in [-0.39, 0.29) is 17.9 Å². The monoisotopic (exact) mass is 267 g/mol. The highest BCUT2D eigenvalue weighted by molar-refractivity contribution is 5.81. The zero-order valence-electron chi connectivity index (χ0n) is 10.9. The number of methoxy groups -OCH3 is 1. The maximum absolute atomic E-state index is 11.4. The molecule has 5 N–H and O–H groups in total. The van der Waals surface area contributed by atoms with Crippen molar-refractivity contribution in [3.8, 4) is 6.01 Å². The zero-order chi connectivity index (χ0) is 14.0. The van der Waals surface area contributed by atoms with Crippen LogP contribution in [-0.4, -0.2) is 41.1 Å². The van der Waals surface area contributed by atoms with Crippen molar-refractivity contribution in [3.05, 3.63) is 0 Å². The molecule has 1 fully saturated rings. The van der Waals surface area contributed by atoms with Crippen molar-refractivity contribution in [2.24, 2.45) is 17.0 Å². The van der Waals surface area contributed by atoms with Gasteiger partial charge in [0.15, 0.2) is 0 Å². The first kappa shape index (κ1) is 13.3. The molecule has 9 nitrogen and oxygen atoms in total. The van der Waals surface area contributed by atoms with Gasteiger partial charge in [-0.05, 0) is 13.3 Å². The van der Waals surface area contributed by atoms with Gasteiger partial charge < -0.3 is 15.4 Å². The van der Waals surface area contributed by atoms with Gasteiger partial charge in [-0.2, -0.15) is 15.0 Å². The number of aromatic nitrogens is 3. The van der Waals surface area contributed by atoms with E-state index in [1.807, 2.05) is 11.8 Å². The lowest BCUT2D eigenvalue weighted by atomic mass is 9.89. The minimum absolute atomic E-state index is 0.158. The molecule has 0 radical (unpaired) electrons. The van der Waals surface area contributed by atoms with Crippen molar-refractivity contribution in [1.29, 1.82) is 0 Å². The summed E-state index contributed by atoms with van der Waals surface area (Å²) in [6, 6.07) is 0.158. The topological polar surface area (TPSA) is 132 Å². The molecule has 0 aliphatic carbocycles. The van der Waals surface area contributed by atoms with Gasteiger partial charge in [0.05, 0.1) is 12.5 Å². The number of nitrogens with one attached hydrogen (secondary N) is 1. The first-order valence-electron chi connectivity index (χ1n) is 5.80. The minimum atomic E-state index is -0.573. The molecular weight excluding hydrogens is 250 g/mol. The van der Waals surface area contributed by atoms with E-state index in [2.05, 4.69) is 20.4 Å². The van der Waals surface area contributed by atoms with Crippen LogP contribution in [0.15, 0.2) is 0 Å². The fraction of sp³-hybridized carbons (Fsp3) is 0.600. The van der Waals surface area contributed by atoms with E-state index in [9.17, 15) is 4.79 Å². The summed E-state index contributed by atoms with van der Waals surface area (Å²) in [6.45, 7) is 2.92. The van der Waals surface area contributed by atoms with Gasteiger partial charge in [0.25, 0.3) is 0 Å². The van der Waals surface area contributed by atoms with Gasteiger partial charge >= 0.3 is 6.01 Å². The molecule has 1 aliphatic rings. The highest BCUT2D eigenvalue weighted by atomic mass is 16.5. The van der Waals surface area contributed by atoms with Crippen molar-refractivity contribution < 1.29 is 9.53 Å². The molecule has 104 valence electrons. The number of rotatable bonds is 4. The van der Waals surface area contributed by atoms with Gasteiger partial charge in [-0.25, -0.2) is 5.84 Å². The van der Waals surface area contributed by atoms with Gasteiger partial charge in [0.1, 0.15) is 0 Å². The quantitative estimate of drug-likeness (QED) is 0.461. The molecule has 9 heteroatoms. The fourth-order valence-electron chi connectivity index (χ4n) is 1.98. The molecule has 1 aliphatic heterocycles. The summed E-state index contributed by atoms with van der Waals surface area (Å²) in [5.74, 6) is 5.58. The van der Waals surface area contributed by atoms with Crippen LogP contribution in [0, 0.1) is 5.41 Å². The third-order valence-corrected chi connectivity index (χ3v) is 3.27. The number of carbonyl (C=O) groups is 1. The molecule has 0 saturated carbocycles.